The lowest BCUT2D eigenvalue weighted by Gasteiger charge is -2.14. The summed E-state index contributed by atoms with van der Waals surface area (Å²) < 4.78 is 34.3. The zero-order chi connectivity index (χ0) is 20.1. The number of hydrogen-bond acceptors (Lipinski definition) is 5. The molecule has 3 aromatic rings. The van der Waals surface area contributed by atoms with Crippen LogP contribution in [0.15, 0.2) is 47.4 Å². The zero-order valence-electron chi connectivity index (χ0n) is 16.4. The number of aryl methyl sites for hydroxylation is 2. The second-order valence-electron chi connectivity index (χ2n) is 6.80. The van der Waals surface area contributed by atoms with Crippen LogP contribution in [0.25, 0.3) is 11.0 Å². The summed E-state index contributed by atoms with van der Waals surface area (Å²) in [6.45, 7) is 6.27. The number of ether oxygens (including phenoxy) is 1. The Hall–Kier alpha value is -2.67. The molecule has 0 amide bonds. The number of anilines is 1. The van der Waals surface area contributed by atoms with Gasteiger partial charge in [0.1, 0.15) is 0 Å². The van der Waals surface area contributed by atoms with Crippen molar-refractivity contribution in [2.75, 3.05) is 11.3 Å². The Morgan fingerprint density at radius 3 is 2.39 bits per heavy atom. The summed E-state index contributed by atoms with van der Waals surface area (Å²) >= 11 is 0. The van der Waals surface area contributed by atoms with Crippen LogP contribution in [0, 0.1) is 13.8 Å². The second kappa shape index (κ2) is 8.56. The van der Waals surface area contributed by atoms with Crippen LogP contribution in [0.2, 0.25) is 0 Å². The molecule has 1 N–H and O–H groups in total. The van der Waals surface area contributed by atoms with Crippen molar-refractivity contribution in [2.24, 2.45) is 0 Å². The monoisotopic (exact) mass is 399 g/mol. The standard InChI is InChI=1S/C21H25N3O3S/c1-4-5-8-13-27-21-20(22-17-9-6-7-10-18(17)23-21)24-28(25,26)19-12-11-15(2)14-16(19)3/h6-7,9-12,14H,4-5,8,13H2,1-3H3,(H,22,24). The summed E-state index contributed by atoms with van der Waals surface area (Å²) in [6.07, 6.45) is 2.97. The van der Waals surface area contributed by atoms with Gasteiger partial charge in [-0.1, -0.05) is 49.6 Å². The largest absolute Gasteiger partial charge is 0.475 e. The van der Waals surface area contributed by atoms with Gasteiger partial charge in [-0.3, -0.25) is 4.72 Å². The lowest BCUT2D eigenvalue weighted by atomic mass is 10.2. The third-order valence-electron chi connectivity index (χ3n) is 4.38. The summed E-state index contributed by atoms with van der Waals surface area (Å²) in [5.41, 5.74) is 2.93. The molecule has 1 aromatic heterocycles. The minimum atomic E-state index is -3.82. The normalized spacial score (nSPS) is 11.5. The number of nitrogens with one attached hydrogen (secondary N) is 1. The van der Waals surface area contributed by atoms with Crippen LogP contribution in [0.4, 0.5) is 5.82 Å². The van der Waals surface area contributed by atoms with Crippen molar-refractivity contribution in [3.8, 4) is 5.88 Å². The van der Waals surface area contributed by atoms with Gasteiger partial charge in [0.05, 0.1) is 22.5 Å². The molecule has 0 bridgehead atoms. The molecule has 1 heterocycles. The lowest BCUT2D eigenvalue weighted by molar-refractivity contribution is 0.297. The average molecular weight is 400 g/mol. The molecule has 0 aliphatic heterocycles. The number of fused-ring (bicyclic) bond motifs is 1. The molecule has 2 aromatic carbocycles. The first-order valence-corrected chi connectivity index (χ1v) is 10.9. The SMILES string of the molecule is CCCCCOc1nc2ccccc2nc1NS(=O)(=O)c1ccc(C)cc1C. The van der Waals surface area contributed by atoms with E-state index in [1.807, 2.05) is 31.2 Å². The smallest absolute Gasteiger partial charge is 0.263 e. The number of unbranched alkanes of at least 4 members (excludes halogenated alkanes) is 2. The maximum atomic E-state index is 13.0. The molecule has 0 aliphatic carbocycles. The zero-order valence-corrected chi connectivity index (χ0v) is 17.2. The Labute approximate surface area is 166 Å². The number of hydrogen-bond donors (Lipinski definition) is 1. The summed E-state index contributed by atoms with van der Waals surface area (Å²) in [5, 5.41) is 0. The second-order valence-corrected chi connectivity index (χ2v) is 8.45. The predicted molar refractivity (Wildman–Crippen MR) is 111 cm³/mol. The van der Waals surface area contributed by atoms with Crippen LogP contribution in [0.1, 0.15) is 37.3 Å². The summed E-state index contributed by atoms with van der Waals surface area (Å²) in [7, 11) is -3.82. The molecule has 0 unspecified atom stereocenters. The molecule has 148 valence electrons. The third-order valence-corrected chi connectivity index (χ3v) is 5.88. The Morgan fingerprint density at radius 2 is 1.71 bits per heavy atom. The van der Waals surface area contributed by atoms with Gasteiger partial charge in [0.15, 0.2) is 0 Å². The fourth-order valence-corrected chi connectivity index (χ4v) is 4.18. The molecule has 0 saturated heterocycles. The highest BCUT2D eigenvalue weighted by atomic mass is 32.2. The van der Waals surface area contributed by atoms with Gasteiger partial charge in [-0.2, -0.15) is 0 Å². The van der Waals surface area contributed by atoms with E-state index in [0.29, 0.717) is 23.2 Å². The average Bonchev–Trinajstić information content (AvgIpc) is 2.64. The van der Waals surface area contributed by atoms with Gasteiger partial charge in [0.2, 0.25) is 5.82 Å². The summed E-state index contributed by atoms with van der Waals surface area (Å²) in [5.74, 6) is 0.304. The van der Waals surface area contributed by atoms with Gasteiger partial charge in [-0.15, -0.1) is 0 Å². The van der Waals surface area contributed by atoms with E-state index in [2.05, 4.69) is 21.6 Å². The minimum Gasteiger partial charge on any atom is -0.475 e. The predicted octanol–water partition coefficient (Wildman–Crippen LogP) is 4.62. The molecule has 0 atom stereocenters. The van der Waals surface area contributed by atoms with Gasteiger partial charge >= 0.3 is 0 Å². The van der Waals surface area contributed by atoms with Crippen molar-refractivity contribution in [2.45, 2.75) is 44.9 Å². The number of nitrogens with zero attached hydrogens (tertiary/aromatic N) is 2. The topological polar surface area (TPSA) is 81.2 Å². The lowest BCUT2D eigenvalue weighted by Crippen LogP contribution is -2.17. The first-order valence-electron chi connectivity index (χ1n) is 9.40. The molecule has 28 heavy (non-hydrogen) atoms. The van der Waals surface area contributed by atoms with E-state index in [-0.39, 0.29) is 16.6 Å². The first kappa shape index (κ1) is 20.1. The third kappa shape index (κ3) is 4.59. The van der Waals surface area contributed by atoms with Crippen molar-refractivity contribution in [3.05, 3.63) is 53.6 Å². The molecule has 6 nitrogen and oxygen atoms in total. The van der Waals surface area contributed by atoms with E-state index in [4.69, 9.17) is 4.74 Å². The highest BCUT2D eigenvalue weighted by Crippen LogP contribution is 2.27. The van der Waals surface area contributed by atoms with Crippen LogP contribution in [0.3, 0.4) is 0 Å². The summed E-state index contributed by atoms with van der Waals surface area (Å²) in [6, 6.07) is 12.5. The van der Waals surface area contributed by atoms with Crippen molar-refractivity contribution in [1.29, 1.82) is 0 Å². The summed E-state index contributed by atoms with van der Waals surface area (Å²) in [4.78, 5) is 9.14. The molecule has 0 saturated carbocycles. The Kier molecular flexibility index (Phi) is 6.14. The van der Waals surface area contributed by atoms with E-state index in [9.17, 15) is 8.42 Å². The number of sulfonamides is 1. The van der Waals surface area contributed by atoms with Gasteiger partial charge in [0, 0.05) is 0 Å². The highest BCUT2D eigenvalue weighted by Gasteiger charge is 2.21. The molecular formula is C21H25N3O3S. The quantitative estimate of drug-likeness (QED) is 0.559. The Balaban J connectivity index is 1.97. The fraction of sp³-hybridized carbons (Fsp3) is 0.333. The van der Waals surface area contributed by atoms with Gasteiger partial charge in [0.25, 0.3) is 15.9 Å². The molecule has 0 radical (unpaired) electrons. The first-order chi connectivity index (χ1) is 13.4. The van der Waals surface area contributed by atoms with Gasteiger partial charge in [-0.05, 0) is 44.0 Å². The maximum absolute atomic E-state index is 13.0. The van der Waals surface area contributed by atoms with E-state index in [1.54, 1.807) is 25.1 Å². The molecule has 0 aliphatic rings. The Morgan fingerprint density at radius 1 is 1.00 bits per heavy atom. The van der Waals surface area contributed by atoms with E-state index < -0.39 is 10.0 Å². The number of para-hydroxylation sites is 2. The Bertz CT molecular complexity index is 1080. The van der Waals surface area contributed by atoms with E-state index >= 15 is 0 Å². The highest BCUT2D eigenvalue weighted by molar-refractivity contribution is 7.92. The van der Waals surface area contributed by atoms with Crippen LogP contribution in [0.5, 0.6) is 5.88 Å². The van der Waals surface area contributed by atoms with Crippen molar-refractivity contribution < 1.29 is 13.2 Å². The molecule has 0 spiro atoms. The van der Waals surface area contributed by atoms with Crippen LogP contribution in [-0.4, -0.2) is 25.0 Å². The van der Waals surface area contributed by atoms with Crippen molar-refractivity contribution in [3.63, 3.8) is 0 Å². The molecule has 7 heteroatoms. The van der Waals surface area contributed by atoms with Gasteiger partial charge in [-0.25, -0.2) is 18.4 Å². The number of rotatable bonds is 8. The maximum Gasteiger partial charge on any atom is 0.263 e. The van der Waals surface area contributed by atoms with Crippen LogP contribution >= 0.6 is 0 Å². The van der Waals surface area contributed by atoms with Gasteiger partial charge < -0.3 is 4.74 Å². The van der Waals surface area contributed by atoms with Crippen molar-refractivity contribution >= 4 is 26.9 Å². The van der Waals surface area contributed by atoms with Crippen molar-refractivity contribution in [1.82, 2.24) is 9.97 Å². The fourth-order valence-electron chi connectivity index (χ4n) is 2.95. The number of benzene rings is 2. The molecule has 3 rings (SSSR count). The van der Waals surface area contributed by atoms with E-state index in [1.165, 1.54) is 0 Å². The number of aromatic nitrogens is 2. The van der Waals surface area contributed by atoms with Crippen LogP contribution < -0.4 is 9.46 Å². The minimum absolute atomic E-state index is 0.107. The molecular weight excluding hydrogens is 374 g/mol. The van der Waals surface area contributed by atoms with E-state index in [0.717, 1.165) is 24.8 Å². The molecule has 0 fully saturated rings. The van der Waals surface area contributed by atoms with Crippen LogP contribution in [-0.2, 0) is 10.0 Å².